The second kappa shape index (κ2) is 8.93. The number of halogens is 2. The van der Waals surface area contributed by atoms with Crippen molar-refractivity contribution in [3.05, 3.63) is 53.6 Å². The molecule has 162 valence electrons. The highest BCUT2D eigenvalue weighted by atomic mass is 32.2. The van der Waals surface area contributed by atoms with Gasteiger partial charge in [0, 0.05) is 36.6 Å². The van der Waals surface area contributed by atoms with Gasteiger partial charge in [0.1, 0.15) is 5.75 Å². The van der Waals surface area contributed by atoms with Crippen molar-refractivity contribution >= 4 is 35.2 Å². The maximum absolute atomic E-state index is 12.9. The van der Waals surface area contributed by atoms with Crippen LogP contribution in [-0.2, 0) is 4.79 Å². The molecule has 0 bridgehead atoms. The Morgan fingerprint density at radius 3 is 2.39 bits per heavy atom. The second-order valence-electron chi connectivity index (χ2n) is 7.01. The lowest BCUT2D eigenvalue weighted by atomic mass is 10.1. The number of para-hydroxylation sites is 1. The van der Waals surface area contributed by atoms with Gasteiger partial charge in [-0.3, -0.25) is 14.4 Å². The number of nitrogens with one attached hydrogen (secondary N) is 1. The average Bonchev–Trinajstić information content (AvgIpc) is 2.77. The Bertz CT molecular complexity index is 1030. The molecule has 1 fully saturated rings. The Balaban J connectivity index is 1.41. The van der Waals surface area contributed by atoms with Crippen molar-refractivity contribution in [3.8, 4) is 5.75 Å². The molecule has 0 aliphatic carbocycles. The van der Waals surface area contributed by atoms with Crippen LogP contribution in [0, 0.1) is 0 Å². The molecule has 2 aliphatic rings. The summed E-state index contributed by atoms with van der Waals surface area (Å²) in [5, 5.41) is 2.77. The molecule has 0 atom stereocenters. The summed E-state index contributed by atoms with van der Waals surface area (Å²) in [4.78, 5) is 41.3. The quantitative estimate of drug-likeness (QED) is 0.780. The van der Waals surface area contributed by atoms with Gasteiger partial charge in [0.25, 0.3) is 11.8 Å². The second-order valence-corrected chi connectivity index (χ2v) is 8.02. The number of rotatable bonds is 4. The highest BCUT2D eigenvalue weighted by Gasteiger charge is 2.28. The minimum absolute atomic E-state index is 0.0607. The SMILES string of the molecule is O=C1CSc2ccc(C(=O)N3CCN(C(=O)c4ccccc4OC(F)F)CC3)cc2N1. The van der Waals surface area contributed by atoms with Crippen molar-refractivity contribution in [3.63, 3.8) is 0 Å². The van der Waals surface area contributed by atoms with Crippen molar-refractivity contribution in [1.82, 2.24) is 9.80 Å². The van der Waals surface area contributed by atoms with Crippen LogP contribution in [0.5, 0.6) is 5.75 Å². The van der Waals surface area contributed by atoms with Crippen LogP contribution in [0.25, 0.3) is 0 Å². The van der Waals surface area contributed by atoms with Gasteiger partial charge < -0.3 is 19.9 Å². The summed E-state index contributed by atoms with van der Waals surface area (Å²) in [5.74, 6) is -0.541. The van der Waals surface area contributed by atoms with Crippen molar-refractivity contribution < 1.29 is 27.9 Å². The molecular weight excluding hydrogens is 428 g/mol. The number of thioether (sulfide) groups is 1. The van der Waals surface area contributed by atoms with Crippen LogP contribution in [0.3, 0.4) is 0 Å². The molecular formula is C21H19F2N3O4S. The van der Waals surface area contributed by atoms with Gasteiger partial charge in [-0.15, -0.1) is 11.8 Å². The highest BCUT2D eigenvalue weighted by Crippen LogP contribution is 2.32. The van der Waals surface area contributed by atoms with Gasteiger partial charge in [0.15, 0.2) is 0 Å². The number of carbonyl (C=O) groups excluding carboxylic acids is 3. The molecule has 0 aromatic heterocycles. The number of anilines is 1. The zero-order valence-corrected chi connectivity index (χ0v) is 17.2. The summed E-state index contributed by atoms with van der Waals surface area (Å²) < 4.78 is 29.7. The minimum Gasteiger partial charge on any atom is -0.434 e. The Morgan fingerprint density at radius 1 is 1.00 bits per heavy atom. The first kappa shape index (κ1) is 21.1. The normalized spacial score (nSPS) is 16.0. The van der Waals surface area contributed by atoms with E-state index >= 15 is 0 Å². The lowest BCUT2D eigenvalue weighted by Gasteiger charge is -2.35. The monoisotopic (exact) mass is 447 g/mol. The van der Waals surface area contributed by atoms with Crippen LogP contribution in [0.1, 0.15) is 20.7 Å². The van der Waals surface area contributed by atoms with E-state index in [1.807, 2.05) is 6.07 Å². The van der Waals surface area contributed by atoms with Crippen LogP contribution in [0.2, 0.25) is 0 Å². The molecule has 4 rings (SSSR count). The van der Waals surface area contributed by atoms with Gasteiger partial charge in [0.05, 0.1) is 17.0 Å². The summed E-state index contributed by atoms with van der Waals surface area (Å²) in [6.45, 7) is -1.87. The maximum Gasteiger partial charge on any atom is 0.387 e. The number of hydrogen-bond donors (Lipinski definition) is 1. The van der Waals surface area contributed by atoms with Gasteiger partial charge >= 0.3 is 6.61 Å². The molecule has 2 aromatic carbocycles. The summed E-state index contributed by atoms with van der Waals surface area (Å²) in [5.41, 5.74) is 1.14. The Kier molecular flexibility index (Phi) is 6.08. The molecule has 0 unspecified atom stereocenters. The predicted octanol–water partition coefficient (Wildman–Crippen LogP) is 2.93. The topological polar surface area (TPSA) is 79.0 Å². The number of carbonyl (C=O) groups is 3. The van der Waals surface area contributed by atoms with Crippen LogP contribution in [0.4, 0.5) is 14.5 Å². The Morgan fingerprint density at radius 2 is 1.68 bits per heavy atom. The fraction of sp³-hybridized carbons (Fsp3) is 0.286. The Hall–Kier alpha value is -3.14. The van der Waals surface area contributed by atoms with E-state index in [1.54, 1.807) is 23.1 Å². The van der Waals surface area contributed by atoms with E-state index < -0.39 is 12.5 Å². The fourth-order valence-electron chi connectivity index (χ4n) is 3.52. The number of fused-ring (bicyclic) bond motifs is 1. The number of nitrogens with zero attached hydrogens (tertiary/aromatic N) is 2. The molecule has 2 heterocycles. The number of ether oxygens (including phenoxy) is 1. The summed E-state index contributed by atoms with van der Waals surface area (Å²) >= 11 is 1.42. The number of hydrogen-bond acceptors (Lipinski definition) is 5. The highest BCUT2D eigenvalue weighted by molar-refractivity contribution is 8.00. The molecule has 0 spiro atoms. The van der Waals surface area contributed by atoms with Crippen LogP contribution < -0.4 is 10.1 Å². The zero-order valence-electron chi connectivity index (χ0n) is 16.3. The molecule has 1 N–H and O–H groups in total. The van der Waals surface area contributed by atoms with E-state index in [0.29, 0.717) is 30.1 Å². The van der Waals surface area contributed by atoms with Gasteiger partial charge in [-0.2, -0.15) is 8.78 Å². The molecule has 0 radical (unpaired) electrons. The number of amides is 3. The van der Waals surface area contributed by atoms with Gasteiger partial charge in [-0.25, -0.2) is 0 Å². The van der Waals surface area contributed by atoms with E-state index in [0.717, 1.165) is 4.90 Å². The first-order chi connectivity index (χ1) is 14.9. The van der Waals surface area contributed by atoms with Crippen LogP contribution in [0.15, 0.2) is 47.4 Å². The number of benzene rings is 2. The first-order valence-electron chi connectivity index (χ1n) is 9.61. The lowest BCUT2D eigenvalue weighted by Crippen LogP contribution is -2.50. The predicted molar refractivity (Wildman–Crippen MR) is 111 cm³/mol. The van der Waals surface area contributed by atoms with E-state index in [9.17, 15) is 23.2 Å². The molecule has 2 aromatic rings. The third-order valence-electron chi connectivity index (χ3n) is 5.05. The molecule has 1 saturated heterocycles. The summed E-state index contributed by atoms with van der Waals surface area (Å²) in [6, 6.07) is 11.1. The summed E-state index contributed by atoms with van der Waals surface area (Å²) in [6.07, 6.45) is 0. The number of piperazine rings is 1. The van der Waals surface area contributed by atoms with Gasteiger partial charge in [0.2, 0.25) is 5.91 Å². The van der Waals surface area contributed by atoms with Gasteiger partial charge in [-0.05, 0) is 30.3 Å². The van der Waals surface area contributed by atoms with Crippen molar-refractivity contribution in [1.29, 1.82) is 0 Å². The van der Waals surface area contributed by atoms with E-state index in [4.69, 9.17) is 0 Å². The van der Waals surface area contributed by atoms with Crippen molar-refractivity contribution in [2.45, 2.75) is 11.5 Å². The van der Waals surface area contributed by atoms with E-state index in [2.05, 4.69) is 10.1 Å². The van der Waals surface area contributed by atoms with Gasteiger partial charge in [-0.1, -0.05) is 12.1 Å². The maximum atomic E-state index is 12.9. The van der Waals surface area contributed by atoms with E-state index in [-0.39, 0.29) is 36.2 Å². The third kappa shape index (κ3) is 4.63. The molecule has 10 heteroatoms. The molecule has 2 aliphatic heterocycles. The molecule has 3 amide bonds. The molecule has 31 heavy (non-hydrogen) atoms. The zero-order chi connectivity index (χ0) is 22.0. The molecule has 0 saturated carbocycles. The number of alkyl halides is 2. The van der Waals surface area contributed by atoms with E-state index in [1.165, 1.54) is 34.9 Å². The summed E-state index contributed by atoms with van der Waals surface area (Å²) in [7, 11) is 0. The van der Waals surface area contributed by atoms with Crippen LogP contribution in [-0.4, -0.2) is 66.1 Å². The minimum atomic E-state index is -3.02. The Labute approximate surface area is 181 Å². The standard InChI is InChI=1S/C21H19F2N3O4S/c22-21(23)30-16-4-2-1-3-14(16)20(29)26-9-7-25(8-10-26)19(28)13-5-6-17-15(11-13)24-18(27)12-31-17/h1-6,11,21H,7-10,12H2,(H,24,27). The van der Waals surface area contributed by atoms with Crippen LogP contribution >= 0.6 is 11.8 Å². The average molecular weight is 447 g/mol. The largest absolute Gasteiger partial charge is 0.434 e. The lowest BCUT2D eigenvalue weighted by molar-refractivity contribution is -0.113. The van der Waals surface area contributed by atoms with Crippen molar-refractivity contribution in [2.24, 2.45) is 0 Å². The van der Waals surface area contributed by atoms with Crippen molar-refractivity contribution in [2.75, 3.05) is 37.2 Å². The first-order valence-corrected chi connectivity index (χ1v) is 10.6. The smallest absolute Gasteiger partial charge is 0.387 e. The fourth-order valence-corrected chi connectivity index (χ4v) is 4.31. The molecule has 7 nitrogen and oxygen atoms in total. The third-order valence-corrected chi connectivity index (χ3v) is 6.12.